The van der Waals surface area contributed by atoms with Crippen molar-refractivity contribution in [3.63, 3.8) is 0 Å². The van der Waals surface area contributed by atoms with Crippen LogP contribution in [0.25, 0.3) is 0 Å². The zero-order chi connectivity index (χ0) is 10.7. The van der Waals surface area contributed by atoms with Gasteiger partial charge in [0.1, 0.15) is 5.75 Å². The Morgan fingerprint density at radius 3 is 2.64 bits per heavy atom. The van der Waals surface area contributed by atoms with E-state index in [9.17, 15) is 4.79 Å². The van der Waals surface area contributed by atoms with Crippen LogP contribution in [0.4, 0.5) is 0 Å². The summed E-state index contributed by atoms with van der Waals surface area (Å²) >= 11 is 5.83. The van der Waals surface area contributed by atoms with Crippen LogP contribution < -0.4 is 4.74 Å². The number of aromatic carboxylic acids is 1. The monoisotopic (exact) mass is 214 g/mol. The number of carboxylic acid groups (broad SMARTS) is 1. The number of ether oxygens (including phenoxy) is 1. The molecule has 0 aliphatic carbocycles. The van der Waals surface area contributed by atoms with Gasteiger partial charge in [0.25, 0.3) is 0 Å². The molecule has 1 aromatic carbocycles. The maximum absolute atomic E-state index is 10.7. The molecule has 0 fully saturated rings. The van der Waals surface area contributed by atoms with Crippen LogP contribution in [0.5, 0.6) is 5.75 Å². The lowest BCUT2D eigenvalue weighted by Crippen LogP contribution is -2.07. The first-order valence-electron chi connectivity index (χ1n) is 4.20. The molecule has 0 atom stereocenters. The van der Waals surface area contributed by atoms with E-state index in [4.69, 9.17) is 21.4 Å². The molecule has 0 amide bonds. The number of carbonyl (C=O) groups is 1. The standard InChI is InChI=1S/C10H11ClO3/c1-6(2)14-9-5-7(10(12)13)3-4-8(9)11/h3-6H,1-2H3,(H,12,13). The second-order valence-electron chi connectivity index (χ2n) is 3.12. The Morgan fingerprint density at radius 1 is 1.50 bits per heavy atom. The maximum atomic E-state index is 10.7. The Kier molecular flexibility index (Phi) is 3.36. The third-order valence-electron chi connectivity index (χ3n) is 1.54. The first kappa shape index (κ1) is 10.9. The molecule has 0 heterocycles. The van der Waals surface area contributed by atoms with Crippen molar-refractivity contribution in [1.29, 1.82) is 0 Å². The molecule has 0 aliphatic rings. The Hall–Kier alpha value is -1.22. The molecule has 0 radical (unpaired) electrons. The lowest BCUT2D eigenvalue weighted by Gasteiger charge is -2.11. The number of hydrogen-bond donors (Lipinski definition) is 1. The first-order valence-corrected chi connectivity index (χ1v) is 4.58. The fourth-order valence-electron chi connectivity index (χ4n) is 0.981. The minimum atomic E-state index is -0.990. The molecule has 0 bridgehead atoms. The number of benzene rings is 1. The molecule has 0 aliphatic heterocycles. The highest BCUT2D eigenvalue weighted by Crippen LogP contribution is 2.26. The van der Waals surface area contributed by atoms with Crippen LogP contribution >= 0.6 is 11.6 Å². The Morgan fingerprint density at radius 2 is 2.14 bits per heavy atom. The summed E-state index contributed by atoms with van der Waals surface area (Å²) in [6, 6.07) is 4.38. The average Bonchev–Trinajstić information content (AvgIpc) is 2.07. The van der Waals surface area contributed by atoms with Gasteiger partial charge < -0.3 is 9.84 Å². The van der Waals surface area contributed by atoms with Crippen molar-refractivity contribution in [3.8, 4) is 5.75 Å². The van der Waals surface area contributed by atoms with E-state index in [-0.39, 0.29) is 11.7 Å². The summed E-state index contributed by atoms with van der Waals surface area (Å²) in [5.74, 6) is -0.586. The molecule has 1 N–H and O–H groups in total. The lowest BCUT2D eigenvalue weighted by atomic mass is 10.2. The molecule has 4 heteroatoms. The number of carboxylic acids is 1. The van der Waals surface area contributed by atoms with E-state index in [0.29, 0.717) is 10.8 Å². The second-order valence-corrected chi connectivity index (χ2v) is 3.52. The van der Waals surface area contributed by atoms with E-state index >= 15 is 0 Å². The minimum absolute atomic E-state index is 0.0310. The highest BCUT2D eigenvalue weighted by molar-refractivity contribution is 6.32. The van der Waals surface area contributed by atoms with Gasteiger partial charge >= 0.3 is 5.97 Å². The van der Waals surface area contributed by atoms with Crippen LogP contribution in [0, 0.1) is 0 Å². The van der Waals surface area contributed by atoms with E-state index < -0.39 is 5.97 Å². The summed E-state index contributed by atoms with van der Waals surface area (Å²) in [5, 5.41) is 9.16. The van der Waals surface area contributed by atoms with Crippen LogP contribution in [-0.2, 0) is 0 Å². The molecular weight excluding hydrogens is 204 g/mol. The molecule has 0 aromatic heterocycles. The van der Waals surface area contributed by atoms with Crippen LogP contribution in [0.1, 0.15) is 24.2 Å². The number of hydrogen-bond acceptors (Lipinski definition) is 2. The zero-order valence-corrected chi connectivity index (χ0v) is 8.71. The third kappa shape index (κ3) is 2.64. The van der Waals surface area contributed by atoms with Gasteiger partial charge in [0.2, 0.25) is 0 Å². The largest absolute Gasteiger partial charge is 0.489 e. The van der Waals surface area contributed by atoms with Crippen molar-refractivity contribution in [3.05, 3.63) is 28.8 Å². The summed E-state index contributed by atoms with van der Waals surface area (Å²) in [6.45, 7) is 3.70. The van der Waals surface area contributed by atoms with Gasteiger partial charge in [0.05, 0.1) is 16.7 Å². The van der Waals surface area contributed by atoms with Gasteiger partial charge in [-0.25, -0.2) is 4.79 Å². The lowest BCUT2D eigenvalue weighted by molar-refractivity contribution is 0.0696. The van der Waals surface area contributed by atoms with Crippen LogP contribution in [-0.4, -0.2) is 17.2 Å². The molecule has 76 valence electrons. The third-order valence-corrected chi connectivity index (χ3v) is 1.85. The van der Waals surface area contributed by atoms with Crippen molar-refractivity contribution < 1.29 is 14.6 Å². The first-order chi connectivity index (χ1) is 6.50. The van der Waals surface area contributed by atoms with Crippen molar-refractivity contribution in [2.75, 3.05) is 0 Å². The molecule has 0 spiro atoms. The quantitative estimate of drug-likeness (QED) is 0.842. The topological polar surface area (TPSA) is 46.5 Å². The highest BCUT2D eigenvalue weighted by atomic mass is 35.5. The zero-order valence-electron chi connectivity index (χ0n) is 7.95. The normalized spacial score (nSPS) is 10.3. The summed E-state index contributed by atoms with van der Waals surface area (Å²) < 4.78 is 5.34. The van der Waals surface area contributed by atoms with Gasteiger partial charge in [-0.2, -0.15) is 0 Å². The predicted octanol–water partition coefficient (Wildman–Crippen LogP) is 2.83. The van der Waals surface area contributed by atoms with Gasteiger partial charge in [0, 0.05) is 0 Å². The molecule has 1 rings (SSSR count). The van der Waals surface area contributed by atoms with E-state index in [1.54, 1.807) is 0 Å². The van der Waals surface area contributed by atoms with Crippen molar-refractivity contribution >= 4 is 17.6 Å². The van der Waals surface area contributed by atoms with Crippen LogP contribution in [0.15, 0.2) is 18.2 Å². The second kappa shape index (κ2) is 4.33. The van der Waals surface area contributed by atoms with Gasteiger partial charge in [-0.05, 0) is 32.0 Å². The highest BCUT2D eigenvalue weighted by Gasteiger charge is 2.09. The smallest absolute Gasteiger partial charge is 0.335 e. The Balaban J connectivity index is 3.02. The van der Waals surface area contributed by atoms with Gasteiger partial charge in [-0.15, -0.1) is 0 Å². The van der Waals surface area contributed by atoms with Crippen molar-refractivity contribution in [2.24, 2.45) is 0 Å². The van der Waals surface area contributed by atoms with E-state index in [1.165, 1.54) is 18.2 Å². The summed E-state index contributed by atoms with van der Waals surface area (Å²) in [4.78, 5) is 10.7. The fourth-order valence-corrected chi connectivity index (χ4v) is 1.14. The van der Waals surface area contributed by atoms with E-state index in [1.807, 2.05) is 13.8 Å². The van der Waals surface area contributed by atoms with Crippen molar-refractivity contribution in [2.45, 2.75) is 20.0 Å². The molecule has 1 aromatic rings. The van der Waals surface area contributed by atoms with E-state index in [2.05, 4.69) is 0 Å². The van der Waals surface area contributed by atoms with Crippen LogP contribution in [0.2, 0.25) is 5.02 Å². The minimum Gasteiger partial charge on any atom is -0.489 e. The predicted molar refractivity (Wildman–Crippen MR) is 54.2 cm³/mol. The van der Waals surface area contributed by atoms with Crippen molar-refractivity contribution in [1.82, 2.24) is 0 Å². The van der Waals surface area contributed by atoms with Crippen LogP contribution in [0.3, 0.4) is 0 Å². The number of rotatable bonds is 3. The fraction of sp³-hybridized carbons (Fsp3) is 0.300. The Labute approximate surface area is 87.3 Å². The van der Waals surface area contributed by atoms with Gasteiger partial charge in [0.15, 0.2) is 0 Å². The molecule has 0 saturated carbocycles. The van der Waals surface area contributed by atoms with Gasteiger partial charge in [-0.3, -0.25) is 0 Å². The molecular formula is C10H11ClO3. The average molecular weight is 215 g/mol. The SMILES string of the molecule is CC(C)Oc1cc(C(=O)O)ccc1Cl. The summed E-state index contributed by atoms with van der Waals surface area (Å²) in [5.41, 5.74) is 0.171. The molecule has 14 heavy (non-hydrogen) atoms. The van der Waals surface area contributed by atoms with E-state index in [0.717, 1.165) is 0 Å². The maximum Gasteiger partial charge on any atom is 0.335 e. The number of halogens is 1. The molecule has 0 saturated heterocycles. The summed E-state index contributed by atoms with van der Waals surface area (Å²) in [6.07, 6.45) is -0.0310. The Bertz CT molecular complexity index is 347. The summed E-state index contributed by atoms with van der Waals surface area (Å²) in [7, 11) is 0. The van der Waals surface area contributed by atoms with Gasteiger partial charge in [-0.1, -0.05) is 11.6 Å². The molecule has 0 unspecified atom stereocenters. The molecule has 3 nitrogen and oxygen atoms in total.